The van der Waals surface area contributed by atoms with Gasteiger partial charge in [-0.1, -0.05) is 39.7 Å². The van der Waals surface area contributed by atoms with Crippen molar-refractivity contribution >= 4 is 33.4 Å². The van der Waals surface area contributed by atoms with Gasteiger partial charge in [-0.05, 0) is 42.8 Å². The second kappa shape index (κ2) is 8.38. The summed E-state index contributed by atoms with van der Waals surface area (Å²) in [5.74, 6) is 0.400. The van der Waals surface area contributed by atoms with E-state index in [1.807, 2.05) is 37.3 Å². The number of hydrogen-bond donors (Lipinski definition) is 2. The highest BCUT2D eigenvalue weighted by molar-refractivity contribution is 9.10. The maximum atomic E-state index is 12.6. The van der Waals surface area contributed by atoms with Crippen molar-refractivity contribution < 1.29 is 9.53 Å². The van der Waals surface area contributed by atoms with Gasteiger partial charge in [-0.3, -0.25) is 9.89 Å². The average molecular weight is 435 g/mol. The van der Waals surface area contributed by atoms with E-state index in [2.05, 4.69) is 31.4 Å². The van der Waals surface area contributed by atoms with Crippen LogP contribution >= 0.6 is 27.5 Å². The molecule has 0 aliphatic rings. The van der Waals surface area contributed by atoms with E-state index in [4.69, 9.17) is 16.3 Å². The Morgan fingerprint density at radius 3 is 2.88 bits per heavy atom. The average Bonchev–Trinajstić information content (AvgIpc) is 3.11. The number of carbonyl (C=O) groups excluding carboxylic acids is 1. The second-order valence-electron chi connectivity index (χ2n) is 5.55. The highest BCUT2D eigenvalue weighted by Crippen LogP contribution is 2.31. The van der Waals surface area contributed by atoms with Crippen LogP contribution in [0.25, 0.3) is 11.3 Å². The third-order valence-corrected chi connectivity index (χ3v) is 4.54. The lowest BCUT2D eigenvalue weighted by Gasteiger charge is -2.09. The van der Waals surface area contributed by atoms with Crippen molar-refractivity contribution in [2.24, 2.45) is 0 Å². The van der Waals surface area contributed by atoms with E-state index in [1.165, 1.54) is 6.20 Å². The Morgan fingerprint density at radius 2 is 2.15 bits per heavy atom. The number of nitrogens with one attached hydrogen (secondary N) is 2. The van der Waals surface area contributed by atoms with Crippen LogP contribution in [0.5, 0.6) is 5.75 Å². The van der Waals surface area contributed by atoms with Crippen LogP contribution in [0, 0.1) is 0 Å². The number of aromatic nitrogens is 2. The van der Waals surface area contributed by atoms with Crippen LogP contribution in [-0.2, 0) is 6.54 Å². The number of ether oxygens (including phenoxy) is 1. The first-order valence-corrected chi connectivity index (χ1v) is 9.24. The Labute approximate surface area is 164 Å². The number of halogens is 2. The molecule has 2 aromatic carbocycles. The summed E-state index contributed by atoms with van der Waals surface area (Å²) in [6.45, 7) is 2.85. The van der Waals surface area contributed by atoms with Crippen LogP contribution in [-0.4, -0.2) is 22.7 Å². The lowest BCUT2D eigenvalue weighted by molar-refractivity contribution is 0.0951. The van der Waals surface area contributed by atoms with Crippen molar-refractivity contribution in [3.8, 4) is 17.0 Å². The highest BCUT2D eigenvalue weighted by Gasteiger charge is 2.16. The molecule has 3 aromatic rings. The molecule has 0 fully saturated rings. The molecule has 26 heavy (non-hydrogen) atoms. The molecule has 7 heteroatoms. The highest BCUT2D eigenvalue weighted by atomic mass is 79.9. The summed E-state index contributed by atoms with van der Waals surface area (Å²) in [6.07, 6.45) is 1.51. The Balaban J connectivity index is 1.77. The Hall–Kier alpha value is -2.31. The molecule has 0 atom stereocenters. The third-order valence-electron chi connectivity index (χ3n) is 3.75. The molecular formula is C19H17BrClN3O2. The Morgan fingerprint density at radius 1 is 1.31 bits per heavy atom. The first kappa shape index (κ1) is 18.5. The van der Waals surface area contributed by atoms with Gasteiger partial charge in [-0.15, -0.1) is 0 Å². The summed E-state index contributed by atoms with van der Waals surface area (Å²) < 4.78 is 6.41. The van der Waals surface area contributed by atoms with Crippen LogP contribution in [0.15, 0.2) is 53.1 Å². The van der Waals surface area contributed by atoms with Crippen molar-refractivity contribution in [3.05, 3.63) is 69.3 Å². The molecule has 1 amide bonds. The Bertz CT molecular complexity index is 927. The molecule has 3 rings (SSSR count). The van der Waals surface area contributed by atoms with Gasteiger partial charge in [0.2, 0.25) is 0 Å². The van der Waals surface area contributed by atoms with Gasteiger partial charge in [0.1, 0.15) is 5.75 Å². The van der Waals surface area contributed by atoms with Crippen molar-refractivity contribution in [2.45, 2.75) is 13.5 Å². The number of amides is 1. The first-order chi connectivity index (χ1) is 12.6. The maximum Gasteiger partial charge on any atom is 0.255 e. The minimum absolute atomic E-state index is 0.210. The van der Waals surface area contributed by atoms with E-state index in [9.17, 15) is 4.79 Å². The second-order valence-corrected chi connectivity index (χ2v) is 6.87. The van der Waals surface area contributed by atoms with Crippen LogP contribution in [0.2, 0.25) is 5.02 Å². The summed E-state index contributed by atoms with van der Waals surface area (Å²) in [6, 6.07) is 13.2. The van der Waals surface area contributed by atoms with Crippen LogP contribution < -0.4 is 10.1 Å². The molecular weight excluding hydrogens is 418 g/mol. The normalized spacial score (nSPS) is 10.6. The van der Waals surface area contributed by atoms with Gasteiger partial charge in [0, 0.05) is 16.6 Å². The van der Waals surface area contributed by atoms with Gasteiger partial charge in [-0.25, -0.2) is 0 Å². The van der Waals surface area contributed by atoms with E-state index in [-0.39, 0.29) is 5.91 Å². The van der Waals surface area contributed by atoms with Crippen molar-refractivity contribution in [3.63, 3.8) is 0 Å². The number of nitrogens with zero attached hydrogens (tertiary/aromatic N) is 1. The molecule has 0 aliphatic carbocycles. The molecule has 1 aromatic heterocycles. The largest absolute Gasteiger partial charge is 0.492 e. The van der Waals surface area contributed by atoms with Crippen LogP contribution in [0.1, 0.15) is 22.8 Å². The Kier molecular flexibility index (Phi) is 5.96. The fourth-order valence-electron chi connectivity index (χ4n) is 2.53. The quantitative estimate of drug-likeness (QED) is 0.584. The van der Waals surface area contributed by atoms with Gasteiger partial charge in [-0.2, -0.15) is 5.10 Å². The number of carbonyl (C=O) groups is 1. The number of benzene rings is 2. The smallest absolute Gasteiger partial charge is 0.255 e. The first-order valence-electron chi connectivity index (χ1n) is 8.07. The molecule has 0 spiro atoms. The van der Waals surface area contributed by atoms with E-state index in [1.54, 1.807) is 12.1 Å². The molecule has 0 saturated heterocycles. The van der Waals surface area contributed by atoms with Crippen molar-refractivity contribution in [1.82, 2.24) is 15.5 Å². The molecule has 0 radical (unpaired) electrons. The lowest BCUT2D eigenvalue weighted by Crippen LogP contribution is -2.23. The predicted octanol–water partition coefficient (Wildman–Crippen LogP) is 4.82. The van der Waals surface area contributed by atoms with E-state index < -0.39 is 0 Å². The summed E-state index contributed by atoms with van der Waals surface area (Å²) in [7, 11) is 0. The summed E-state index contributed by atoms with van der Waals surface area (Å²) in [5.41, 5.74) is 2.84. The molecule has 5 nitrogen and oxygen atoms in total. The molecule has 1 heterocycles. The van der Waals surface area contributed by atoms with E-state index in [0.717, 1.165) is 15.6 Å². The van der Waals surface area contributed by atoms with Gasteiger partial charge in [0.05, 0.1) is 29.1 Å². The SMILES string of the molecule is CCOc1ccc(-c2[nH]ncc2C(=O)NCc2cccc(Br)c2)cc1Cl. The molecule has 0 bridgehead atoms. The van der Waals surface area contributed by atoms with Crippen molar-refractivity contribution in [2.75, 3.05) is 6.61 Å². The summed E-state index contributed by atoms with van der Waals surface area (Å²) in [5, 5.41) is 10.3. The zero-order chi connectivity index (χ0) is 18.5. The number of rotatable bonds is 6. The zero-order valence-electron chi connectivity index (χ0n) is 14.1. The fourth-order valence-corrected chi connectivity index (χ4v) is 3.21. The summed E-state index contributed by atoms with van der Waals surface area (Å²) >= 11 is 9.67. The van der Waals surface area contributed by atoms with Crippen molar-refractivity contribution in [1.29, 1.82) is 0 Å². The number of H-pyrrole nitrogens is 1. The van der Waals surface area contributed by atoms with Crippen LogP contribution in [0.4, 0.5) is 0 Å². The van der Waals surface area contributed by atoms with E-state index in [0.29, 0.717) is 35.2 Å². The third kappa shape index (κ3) is 4.26. The number of aromatic amines is 1. The molecule has 0 saturated carbocycles. The molecule has 2 N–H and O–H groups in total. The minimum Gasteiger partial charge on any atom is -0.492 e. The van der Waals surface area contributed by atoms with Gasteiger partial charge in [0.25, 0.3) is 5.91 Å². The van der Waals surface area contributed by atoms with Crippen LogP contribution in [0.3, 0.4) is 0 Å². The minimum atomic E-state index is -0.210. The molecule has 134 valence electrons. The summed E-state index contributed by atoms with van der Waals surface area (Å²) in [4.78, 5) is 12.6. The number of hydrogen-bond acceptors (Lipinski definition) is 3. The maximum absolute atomic E-state index is 12.6. The van der Waals surface area contributed by atoms with Gasteiger partial charge >= 0.3 is 0 Å². The van der Waals surface area contributed by atoms with Gasteiger partial charge < -0.3 is 10.1 Å². The molecule has 0 aliphatic heterocycles. The monoisotopic (exact) mass is 433 g/mol. The zero-order valence-corrected chi connectivity index (χ0v) is 16.4. The standard InChI is InChI=1S/C19H17BrClN3O2/c1-2-26-17-7-6-13(9-16(17)21)18-15(11-23-24-18)19(25)22-10-12-4-3-5-14(20)8-12/h3-9,11H,2,10H2,1H3,(H,22,25)(H,23,24). The predicted molar refractivity (Wildman–Crippen MR) is 106 cm³/mol. The molecule has 0 unspecified atom stereocenters. The van der Waals surface area contributed by atoms with E-state index >= 15 is 0 Å². The van der Waals surface area contributed by atoms with Gasteiger partial charge in [0.15, 0.2) is 0 Å². The lowest BCUT2D eigenvalue weighted by atomic mass is 10.1. The topological polar surface area (TPSA) is 67.0 Å². The fraction of sp³-hybridized carbons (Fsp3) is 0.158.